The SMILES string of the molecule is COc1ccc(CC(=O)N2CC[C@H]3Oc4cc(F)cc(c4)CNC(=O)CCc4ccc(OC)c(c4)OCC(=O)N[C@@H]3C2)c(OC)c1. The van der Waals surface area contributed by atoms with Crippen molar-refractivity contribution >= 4 is 17.7 Å². The lowest BCUT2D eigenvalue weighted by molar-refractivity contribution is -0.135. The molecule has 0 radical (unpaired) electrons. The van der Waals surface area contributed by atoms with Gasteiger partial charge >= 0.3 is 0 Å². The lowest BCUT2D eigenvalue weighted by atomic mass is 10.00. The van der Waals surface area contributed by atoms with E-state index in [1.165, 1.54) is 26.4 Å². The van der Waals surface area contributed by atoms with Gasteiger partial charge in [0, 0.05) is 50.2 Å². The Morgan fingerprint density at radius 2 is 1.76 bits per heavy atom. The molecule has 0 aromatic heterocycles. The first kappa shape index (κ1) is 32.4. The van der Waals surface area contributed by atoms with E-state index in [0.717, 1.165) is 5.56 Å². The van der Waals surface area contributed by atoms with E-state index in [4.69, 9.17) is 23.7 Å². The number of hydrogen-bond donors (Lipinski definition) is 2. The van der Waals surface area contributed by atoms with E-state index in [1.807, 2.05) is 6.07 Å². The maximum Gasteiger partial charge on any atom is 0.258 e. The first-order valence-electron chi connectivity index (χ1n) is 15.0. The van der Waals surface area contributed by atoms with Gasteiger partial charge in [0.15, 0.2) is 18.1 Å². The summed E-state index contributed by atoms with van der Waals surface area (Å²) in [5, 5.41) is 5.80. The van der Waals surface area contributed by atoms with Gasteiger partial charge in [-0.25, -0.2) is 4.39 Å². The van der Waals surface area contributed by atoms with Crippen LogP contribution in [0.4, 0.5) is 4.39 Å². The van der Waals surface area contributed by atoms with E-state index in [0.29, 0.717) is 53.5 Å². The molecule has 0 spiro atoms. The van der Waals surface area contributed by atoms with E-state index >= 15 is 0 Å². The number of amides is 3. The number of piperidine rings is 1. The number of halogens is 1. The maximum atomic E-state index is 14.6. The molecule has 3 aromatic carbocycles. The van der Waals surface area contributed by atoms with Crippen molar-refractivity contribution in [2.24, 2.45) is 0 Å². The minimum atomic E-state index is -0.634. The summed E-state index contributed by atoms with van der Waals surface area (Å²) in [6.07, 6.45) is 0.499. The number of ether oxygens (including phenoxy) is 5. The van der Waals surface area contributed by atoms with E-state index in [-0.39, 0.29) is 50.1 Å². The molecule has 1 fully saturated rings. The summed E-state index contributed by atoms with van der Waals surface area (Å²) in [6.45, 7) is 0.300. The number of carbonyl (C=O) groups is 3. The molecule has 46 heavy (non-hydrogen) atoms. The Hall–Kier alpha value is -5.00. The Balaban J connectivity index is 1.38. The van der Waals surface area contributed by atoms with Crippen LogP contribution in [-0.4, -0.2) is 75.8 Å². The fraction of sp³-hybridized carbons (Fsp3) is 0.382. The molecular weight excluding hydrogens is 597 g/mol. The zero-order chi connectivity index (χ0) is 32.6. The van der Waals surface area contributed by atoms with Crippen LogP contribution in [0.2, 0.25) is 0 Å². The lowest BCUT2D eigenvalue weighted by Gasteiger charge is -2.39. The number of likely N-dealkylation sites (tertiary alicyclic amines) is 1. The van der Waals surface area contributed by atoms with Gasteiger partial charge in [-0.05, 0) is 47.9 Å². The number of nitrogens with zero attached hydrogens (tertiary/aromatic N) is 1. The minimum absolute atomic E-state index is 0.0809. The molecule has 2 aliphatic heterocycles. The smallest absolute Gasteiger partial charge is 0.258 e. The molecule has 3 aromatic rings. The van der Waals surface area contributed by atoms with Crippen molar-refractivity contribution in [3.8, 4) is 28.7 Å². The third-order valence-electron chi connectivity index (χ3n) is 8.02. The highest BCUT2D eigenvalue weighted by Crippen LogP contribution is 2.30. The summed E-state index contributed by atoms with van der Waals surface area (Å²) in [7, 11) is 4.59. The average molecular weight is 636 g/mol. The summed E-state index contributed by atoms with van der Waals surface area (Å²) in [5.74, 6) is 0.907. The van der Waals surface area contributed by atoms with Crippen molar-refractivity contribution < 1.29 is 42.5 Å². The molecule has 3 amide bonds. The van der Waals surface area contributed by atoms with Crippen LogP contribution in [0.1, 0.15) is 29.5 Å². The van der Waals surface area contributed by atoms with Gasteiger partial charge in [-0.3, -0.25) is 14.4 Å². The molecule has 2 heterocycles. The second kappa shape index (κ2) is 14.9. The Morgan fingerprint density at radius 1 is 0.935 bits per heavy atom. The standard InChI is InChI=1S/C34H38FN3O8/c1-42-25-7-6-23(30(17-25)44-3)15-34(41)38-11-10-28-27(19-38)37-33(40)20-45-31-14-21(4-8-29(31)43-2)5-9-32(39)36-18-22-12-24(35)16-26(13-22)46-28/h4,6-8,12-14,16-17,27-28H,5,9-11,15,18-20H2,1-3H3,(H,36,39)(H,37,40)/t27-,28-/m1/s1. The Morgan fingerprint density at radius 3 is 2.54 bits per heavy atom. The maximum absolute atomic E-state index is 14.6. The third-order valence-corrected chi connectivity index (χ3v) is 8.02. The van der Waals surface area contributed by atoms with Crippen LogP contribution in [-0.2, 0) is 33.8 Å². The molecular formula is C34H38FN3O8. The average Bonchev–Trinajstić information content (AvgIpc) is 3.05. The Bertz CT molecular complexity index is 1580. The second-order valence-corrected chi connectivity index (χ2v) is 11.2. The molecule has 0 unspecified atom stereocenters. The molecule has 12 heteroatoms. The van der Waals surface area contributed by atoms with Crippen LogP contribution in [0, 0.1) is 5.82 Å². The topological polar surface area (TPSA) is 125 Å². The summed E-state index contributed by atoms with van der Waals surface area (Å²) >= 11 is 0. The summed E-state index contributed by atoms with van der Waals surface area (Å²) < 4.78 is 42.9. The van der Waals surface area contributed by atoms with Crippen LogP contribution in [0.3, 0.4) is 0 Å². The van der Waals surface area contributed by atoms with Gasteiger partial charge in [-0.15, -0.1) is 0 Å². The van der Waals surface area contributed by atoms with Crippen molar-refractivity contribution in [3.63, 3.8) is 0 Å². The molecule has 244 valence electrons. The first-order chi connectivity index (χ1) is 22.2. The van der Waals surface area contributed by atoms with Gasteiger partial charge in [0.1, 0.15) is 29.2 Å². The normalized spacial score (nSPS) is 18.7. The third kappa shape index (κ3) is 8.17. The van der Waals surface area contributed by atoms with Crippen molar-refractivity contribution in [3.05, 3.63) is 77.1 Å². The molecule has 2 atom stereocenters. The summed E-state index contributed by atoms with van der Waals surface area (Å²) in [5.41, 5.74) is 2.06. The van der Waals surface area contributed by atoms with Crippen molar-refractivity contribution in [2.45, 2.75) is 44.4 Å². The fourth-order valence-electron chi connectivity index (χ4n) is 5.60. The van der Waals surface area contributed by atoms with Crippen LogP contribution in [0.15, 0.2) is 54.6 Å². The van der Waals surface area contributed by atoms with Gasteiger partial charge in [0.25, 0.3) is 5.91 Å². The van der Waals surface area contributed by atoms with Gasteiger partial charge in [-0.1, -0.05) is 12.1 Å². The number of rotatable bonds is 5. The number of methoxy groups -OCH3 is 3. The van der Waals surface area contributed by atoms with E-state index < -0.39 is 23.9 Å². The number of benzene rings is 3. The largest absolute Gasteiger partial charge is 0.497 e. The molecule has 0 saturated carbocycles. The van der Waals surface area contributed by atoms with Gasteiger partial charge in [0.05, 0.1) is 33.8 Å². The predicted octanol–water partition coefficient (Wildman–Crippen LogP) is 3.20. The first-order valence-corrected chi connectivity index (χ1v) is 15.0. The van der Waals surface area contributed by atoms with Gasteiger partial charge in [0.2, 0.25) is 11.8 Å². The van der Waals surface area contributed by atoms with Crippen molar-refractivity contribution in [2.75, 3.05) is 41.0 Å². The highest BCUT2D eigenvalue weighted by atomic mass is 19.1. The highest BCUT2D eigenvalue weighted by Gasteiger charge is 2.34. The lowest BCUT2D eigenvalue weighted by Crippen LogP contribution is -2.58. The van der Waals surface area contributed by atoms with Crippen molar-refractivity contribution in [1.29, 1.82) is 0 Å². The van der Waals surface area contributed by atoms with E-state index in [9.17, 15) is 18.8 Å². The summed E-state index contributed by atoms with van der Waals surface area (Å²) in [4.78, 5) is 41.0. The predicted molar refractivity (Wildman–Crippen MR) is 166 cm³/mol. The van der Waals surface area contributed by atoms with Gasteiger partial charge in [-0.2, -0.15) is 0 Å². The van der Waals surface area contributed by atoms with Crippen LogP contribution < -0.4 is 34.3 Å². The Labute approximate surface area is 266 Å². The van der Waals surface area contributed by atoms with Crippen LogP contribution in [0.5, 0.6) is 28.7 Å². The quantitative estimate of drug-likeness (QED) is 0.438. The molecule has 2 N–H and O–H groups in total. The second-order valence-electron chi connectivity index (χ2n) is 11.2. The Kier molecular flexibility index (Phi) is 10.5. The molecule has 5 rings (SSSR count). The highest BCUT2D eigenvalue weighted by molar-refractivity contribution is 5.81. The minimum Gasteiger partial charge on any atom is -0.497 e. The molecule has 0 aliphatic carbocycles. The van der Waals surface area contributed by atoms with Crippen LogP contribution in [0.25, 0.3) is 0 Å². The monoisotopic (exact) mass is 635 g/mol. The zero-order valence-electron chi connectivity index (χ0n) is 26.1. The molecule has 11 nitrogen and oxygen atoms in total. The number of hydrogen-bond acceptors (Lipinski definition) is 8. The van der Waals surface area contributed by atoms with Gasteiger partial charge < -0.3 is 39.2 Å². The van der Waals surface area contributed by atoms with E-state index in [2.05, 4.69) is 10.6 Å². The number of carbonyl (C=O) groups excluding carboxylic acids is 3. The zero-order valence-corrected chi connectivity index (χ0v) is 26.1. The number of nitrogens with one attached hydrogen (secondary N) is 2. The van der Waals surface area contributed by atoms with E-state index in [1.54, 1.807) is 48.4 Å². The number of aryl methyl sites for hydroxylation is 1. The van der Waals surface area contributed by atoms with Crippen molar-refractivity contribution in [1.82, 2.24) is 15.5 Å². The molecule has 1 saturated heterocycles. The molecule has 4 bridgehead atoms. The summed E-state index contributed by atoms with van der Waals surface area (Å²) in [6, 6.07) is 14.2. The number of fused-ring (bicyclic) bond motifs is 5. The fourth-order valence-corrected chi connectivity index (χ4v) is 5.60. The molecule has 2 aliphatic rings. The van der Waals surface area contributed by atoms with Crippen LogP contribution >= 0.6 is 0 Å².